The zero-order valence-electron chi connectivity index (χ0n) is 9.86. The fraction of sp³-hybridized carbons (Fsp3) is 0.500. The predicted octanol–water partition coefficient (Wildman–Crippen LogP) is 3.16. The van der Waals surface area contributed by atoms with Crippen LogP contribution in [0.2, 0.25) is 5.02 Å². The summed E-state index contributed by atoms with van der Waals surface area (Å²) in [6.45, 7) is 0. The van der Waals surface area contributed by atoms with Crippen molar-refractivity contribution in [1.82, 2.24) is 0 Å². The molecule has 1 aromatic rings. The van der Waals surface area contributed by atoms with Crippen molar-refractivity contribution in [2.45, 2.75) is 37.9 Å². The summed E-state index contributed by atoms with van der Waals surface area (Å²) in [5, 5.41) is 0.326. The lowest BCUT2D eigenvalue weighted by Crippen LogP contribution is -2.26. The maximum absolute atomic E-state index is 12.9. The average molecular weight is 269 g/mol. The molecule has 2 aliphatic heterocycles. The van der Waals surface area contributed by atoms with Gasteiger partial charge in [-0.1, -0.05) is 17.7 Å². The maximum Gasteiger partial charge on any atom is 0.143 e. The number of hydrogen-bond donors (Lipinski definition) is 0. The minimum atomic E-state index is -0.376. The van der Waals surface area contributed by atoms with Crippen LogP contribution in [-0.4, -0.2) is 18.0 Å². The highest BCUT2D eigenvalue weighted by Crippen LogP contribution is 2.39. The van der Waals surface area contributed by atoms with Crippen LogP contribution in [0.4, 0.5) is 4.39 Å². The fourth-order valence-corrected chi connectivity index (χ4v) is 3.19. The Kier molecular flexibility index (Phi) is 3.12. The lowest BCUT2D eigenvalue weighted by Gasteiger charge is -2.17. The van der Waals surface area contributed by atoms with Crippen LogP contribution in [0.1, 0.15) is 24.8 Å². The van der Waals surface area contributed by atoms with E-state index in [0.29, 0.717) is 10.6 Å². The highest BCUT2D eigenvalue weighted by molar-refractivity contribution is 6.31. The quantitative estimate of drug-likeness (QED) is 0.842. The van der Waals surface area contributed by atoms with Crippen LogP contribution in [0.15, 0.2) is 18.2 Å². The molecule has 96 valence electrons. The van der Waals surface area contributed by atoms with Crippen molar-refractivity contribution in [1.29, 1.82) is 0 Å². The van der Waals surface area contributed by atoms with Gasteiger partial charge in [0, 0.05) is 17.4 Å². The van der Waals surface area contributed by atoms with E-state index in [0.717, 1.165) is 19.3 Å². The molecule has 2 aliphatic rings. The van der Waals surface area contributed by atoms with E-state index in [9.17, 15) is 9.18 Å². The Labute approximate surface area is 110 Å². The Morgan fingerprint density at radius 3 is 2.89 bits per heavy atom. The fourth-order valence-electron chi connectivity index (χ4n) is 2.96. The molecule has 2 heterocycles. The average Bonchev–Trinajstić information content (AvgIpc) is 2.94. The summed E-state index contributed by atoms with van der Waals surface area (Å²) < 4.78 is 18.6. The summed E-state index contributed by atoms with van der Waals surface area (Å²) in [4.78, 5) is 12.2. The molecule has 0 saturated carbocycles. The first-order valence-electron chi connectivity index (χ1n) is 6.25. The van der Waals surface area contributed by atoms with Gasteiger partial charge in [-0.3, -0.25) is 4.79 Å². The van der Waals surface area contributed by atoms with Crippen LogP contribution in [0.5, 0.6) is 0 Å². The summed E-state index contributed by atoms with van der Waals surface area (Å²) >= 11 is 5.94. The standard InChI is InChI=1S/C14H14ClFO2/c15-12-6-9(16)2-1-8(12)5-13(17)11-7-10-3-4-14(11)18-10/h1-2,6,10-11,14H,3-5,7H2. The topological polar surface area (TPSA) is 26.3 Å². The number of carbonyl (C=O) groups is 1. The summed E-state index contributed by atoms with van der Waals surface area (Å²) in [6, 6.07) is 4.18. The van der Waals surface area contributed by atoms with Crippen LogP contribution in [0.25, 0.3) is 0 Å². The highest BCUT2D eigenvalue weighted by Gasteiger charge is 2.43. The largest absolute Gasteiger partial charge is 0.374 e. The molecule has 0 spiro atoms. The van der Waals surface area contributed by atoms with Gasteiger partial charge in [-0.2, -0.15) is 0 Å². The second-order valence-electron chi connectivity index (χ2n) is 5.09. The van der Waals surface area contributed by atoms with E-state index < -0.39 is 0 Å². The summed E-state index contributed by atoms with van der Waals surface area (Å²) in [6.07, 6.45) is 3.54. The van der Waals surface area contributed by atoms with Gasteiger partial charge < -0.3 is 4.74 Å². The summed E-state index contributed by atoms with van der Waals surface area (Å²) in [5.41, 5.74) is 0.700. The Morgan fingerprint density at radius 2 is 2.28 bits per heavy atom. The Balaban J connectivity index is 1.71. The van der Waals surface area contributed by atoms with Gasteiger partial charge in [0.15, 0.2) is 0 Å². The lowest BCUT2D eigenvalue weighted by molar-refractivity contribution is -0.123. The molecule has 0 aromatic heterocycles. The predicted molar refractivity (Wildman–Crippen MR) is 66.1 cm³/mol. The first-order chi connectivity index (χ1) is 8.63. The first kappa shape index (κ1) is 12.1. The number of carbonyl (C=O) groups excluding carboxylic acids is 1. The van der Waals surface area contributed by atoms with Crippen LogP contribution >= 0.6 is 11.6 Å². The van der Waals surface area contributed by atoms with Crippen molar-refractivity contribution in [3.8, 4) is 0 Å². The van der Waals surface area contributed by atoms with Gasteiger partial charge in [0.2, 0.25) is 0 Å². The van der Waals surface area contributed by atoms with Crippen LogP contribution in [-0.2, 0) is 16.0 Å². The molecule has 0 aliphatic carbocycles. The minimum absolute atomic E-state index is 0.00451. The zero-order chi connectivity index (χ0) is 12.7. The van der Waals surface area contributed by atoms with E-state index in [-0.39, 0.29) is 36.1 Å². The van der Waals surface area contributed by atoms with Crippen LogP contribution in [0, 0.1) is 11.7 Å². The van der Waals surface area contributed by atoms with Gasteiger partial charge in [-0.05, 0) is 37.0 Å². The number of halogens is 2. The molecule has 1 aromatic carbocycles. The third-order valence-electron chi connectivity index (χ3n) is 3.90. The molecule has 2 fully saturated rings. The normalized spacial score (nSPS) is 29.8. The molecule has 0 N–H and O–H groups in total. The van der Waals surface area contributed by atoms with E-state index in [2.05, 4.69) is 0 Å². The van der Waals surface area contributed by atoms with E-state index in [1.165, 1.54) is 12.1 Å². The van der Waals surface area contributed by atoms with Crippen molar-refractivity contribution in [3.63, 3.8) is 0 Å². The maximum atomic E-state index is 12.9. The van der Waals surface area contributed by atoms with Crippen molar-refractivity contribution in [2.24, 2.45) is 5.92 Å². The molecule has 3 rings (SSSR count). The van der Waals surface area contributed by atoms with Gasteiger partial charge in [-0.25, -0.2) is 4.39 Å². The van der Waals surface area contributed by atoms with Crippen molar-refractivity contribution < 1.29 is 13.9 Å². The molecule has 2 nitrogen and oxygen atoms in total. The number of Topliss-reactive ketones (excluding diaryl/α,β-unsaturated/α-hetero) is 1. The van der Waals surface area contributed by atoms with Gasteiger partial charge in [0.25, 0.3) is 0 Å². The lowest BCUT2D eigenvalue weighted by atomic mass is 9.84. The van der Waals surface area contributed by atoms with Crippen molar-refractivity contribution in [3.05, 3.63) is 34.6 Å². The SMILES string of the molecule is O=C(Cc1ccc(F)cc1Cl)C1CC2CCC1O2. The molecule has 2 bridgehead atoms. The smallest absolute Gasteiger partial charge is 0.143 e. The zero-order valence-corrected chi connectivity index (χ0v) is 10.6. The van der Waals surface area contributed by atoms with E-state index in [1.54, 1.807) is 6.07 Å². The molecule has 4 heteroatoms. The van der Waals surface area contributed by atoms with Crippen LogP contribution < -0.4 is 0 Å². The monoisotopic (exact) mass is 268 g/mol. The van der Waals surface area contributed by atoms with Gasteiger partial charge >= 0.3 is 0 Å². The van der Waals surface area contributed by atoms with Crippen molar-refractivity contribution >= 4 is 17.4 Å². The first-order valence-corrected chi connectivity index (χ1v) is 6.63. The molecular weight excluding hydrogens is 255 g/mol. The minimum Gasteiger partial charge on any atom is -0.374 e. The molecule has 18 heavy (non-hydrogen) atoms. The third-order valence-corrected chi connectivity index (χ3v) is 4.25. The van der Waals surface area contributed by atoms with Gasteiger partial charge in [0.05, 0.1) is 12.2 Å². The van der Waals surface area contributed by atoms with Gasteiger partial charge in [-0.15, -0.1) is 0 Å². The number of rotatable bonds is 3. The van der Waals surface area contributed by atoms with Gasteiger partial charge in [0.1, 0.15) is 11.6 Å². The second kappa shape index (κ2) is 4.63. The van der Waals surface area contributed by atoms with E-state index in [1.807, 2.05) is 0 Å². The highest BCUT2D eigenvalue weighted by atomic mass is 35.5. The Bertz CT molecular complexity index is 489. The number of hydrogen-bond acceptors (Lipinski definition) is 2. The number of benzene rings is 1. The number of ether oxygens (including phenoxy) is 1. The molecule has 3 unspecified atom stereocenters. The van der Waals surface area contributed by atoms with E-state index >= 15 is 0 Å². The molecule has 0 amide bonds. The second-order valence-corrected chi connectivity index (χ2v) is 5.50. The number of fused-ring (bicyclic) bond motifs is 2. The van der Waals surface area contributed by atoms with Crippen molar-refractivity contribution in [2.75, 3.05) is 0 Å². The molecule has 0 radical (unpaired) electrons. The number of ketones is 1. The van der Waals surface area contributed by atoms with Crippen LogP contribution in [0.3, 0.4) is 0 Å². The third kappa shape index (κ3) is 2.17. The Morgan fingerprint density at radius 1 is 1.44 bits per heavy atom. The Hall–Kier alpha value is -0.930. The molecule has 2 saturated heterocycles. The molecular formula is C14H14ClFO2. The summed E-state index contributed by atoms with van der Waals surface area (Å²) in [7, 11) is 0. The van der Waals surface area contributed by atoms with E-state index in [4.69, 9.17) is 16.3 Å². The summed E-state index contributed by atoms with van der Waals surface area (Å²) in [5.74, 6) is -0.208. The molecule has 3 atom stereocenters.